The summed E-state index contributed by atoms with van der Waals surface area (Å²) in [7, 11) is 1.88. The third-order valence-electron chi connectivity index (χ3n) is 3.40. The second kappa shape index (κ2) is 4.94. The fourth-order valence-corrected chi connectivity index (χ4v) is 2.36. The van der Waals surface area contributed by atoms with Crippen molar-refractivity contribution in [2.45, 2.75) is 25.9 Å². The molecule has 1 aliphatic carbocycles. The first kappa shape index (κ1) is 12.8. The lowest BCUT2D eigenvalue weighted by molar-refractivity contribution is 0.0463. The lowest BCUT2D eigenvalue weighted by atomic mass is 9.82. The van der Waals surface area contributed by atoms with E-state index in [0.717, 1.165) is 25.1 Å². The molecule has 0 amide bonds. The van der Waals surface area contributed by atoms with Crippen LogP contribution in [0.25, 0.3) is 0 Å². The number of aliphatic hydroxyl groups is 1. The van der Waals surface area contributed by atoms with Gasteiger partial charge in [0.1, 0.15) is 5.56 Å². The van der Waals surface area contributed by atoms with Gasteiger partial charge in [-0.05, 0) is 31.7 Å². The average molecular weight is 250 g/mol. The summed E-state index contributed by atoms with van der Waals surface area (Å²) in [5.41, 5.74) is 1.72. The topological polar surface area (TPSA) is 73.7 Å². The van der Waals surface area contributed by atoms with Gasteiger partial charge in [-0.15, -0.1) is 0 Å². The Morgan fingerprint density at radius 3 is 2.78 bits per heavy atom. The zero-order chi connectivity index (χ0) is 13.3. The number of hydrogen-bond acceptors (Lipinski definition) is 4. The molecule has 5 nitrogen and oxygen atoms in total. The maximum atomic E-state index is 11.2. The second-order valence-corrected chi connectivity index (χ2v) is 5.02. The first-order valence-corrected chi connectivity index (χ1v) is 6.06. The standard InChI is InChI=1S/C13H18N2O3/c1-8-3-12(11(6-14-8)13(17)18)15(2)7-9-4-10(16)5-9/h3,6,9-10,16H,4-5,7H2,1-2H3,(H,17,18). The van der Waals surface area contributed by atoms with E-state index in [1.54, 1.807) is 6.07 Å². The Morgan fingerprint density at radius 2 is 2.22 bits per heavy atom. The zero-order valence-corrected chi connectivity index (χ0v) is 10.6. The van der Waals surface area contributed by atoms with E-state index in [-0.39, 0.29) is 11.7 Å². The lowest BCUT2D eigenvalue weighted by Gasteiger charge is -2.35. The number of hydrogen-bond donors (Lipinski definition) is 2. The number of aromatic carboxylic acids is 1. The molecule has 98 valence electrons. The number of aromatic nitrogens is 1. The van der Waals surface area contributed by atoms with Gasteiger partial charge in [-0.25, -0.2) is 4.79 Å². The molecule has 1 aromatic heterocycles. The van der Waals surface area contributed by atoms with Gasteiger partial charge in [0, 0.05) is 25.5 Å². The quantitative estimate of drug-likeness (QED) is 0.842. The third-order valence-corrected chi connectivity index (χ3v) is 3.40. The van der Waals surface area contributed by atoms with Crippen molar-refractivity contribution in [3.05, 3.63) is 23.5 Å². The number of aryl methyl sites for hydroxylation is 1. The van der Waals surface area contributed by atoms with E-state index < -0.39 is 5.97 Å². The number of carbonyl (C=O) groups is 1. The highest BCUT2D eigenvalue weighted by Crippen LogP contribution is 2.30. The van der Waals surface area contributed by atoms with Crippen LogP contribution in [0.5, 0.6) is 0 Å². The van der Waals surface area contributed by atoms with Gasteiger partial charge >= 0.3 is 5.97 Å². The molecule has 1 aliphatic rings. The van der Waals surface area contributed by atoms with Crippen LogP contribution in [0.15, 0.2) is 12.3 Å². The van der Waals surface area contributed by atoms with Crippen molar-refractivity contribution in [2.75, 3.05) is 18.5 Å². The molecule has 0 saturated heterocycles. The molecular weight excluding hydrogens is 232 g/mol. The van der Waals surface area contributed by atoms with Crippen molar-refractivity contribution in [3.8, 4) is 0 Å². The number of rotatable bonds is 4. The molecule has 5 heteroatoms. The van der Waals surface area contributed by atoms with Crippen LogP contribution in [0.3, 0.4) is 0 Å². The molecule has 1 fully saturated rings. The predicted molar refractivity (Wildman–Crippen MR) is 67.9 cm³/mol. The monoisotopic (exact) mass is 250 g/mol. The molecule has 0 aliphatic heterocycles. The molecule has 18 heavy (non-hydrogen) atoms. The van der Waals surface area contributed by atoms with Crippen molar-refractivity contribution in [3.63, 3.8) is 0 Å². The minimum absolute atomic E-state index is 0.179. The minimum Gasteiger partial charge on any atom is -0.478 e. The van der Waals surface area contributed by atoms with Crippen molar-refractivity contribution in [1.82, 2.24) is 4.98 Å². The molecule has 0 aromatic carbocycles. The van der Waals surface area contributed by atoms with E-state index in [2.05, 4.69) is 4.98 Å². The molecule has 2 N–H and O–H groups in total. The summed E-state index contributed by atoms with van der Waals surface area (Å²) in [6, 6.07) is 1.79. The third kappa shape index (κ3) is 2.61. The number of nitrogens with zero attached hydrogens (tertiary/aromatic N) is 2. The Labute approximate surface area is 106 Å². The van der Waals surface area contributed by atoms with Crippen molar-refractivity contribution in [2.24, 2.45) is 5.92 Å². The van der Waals surface area contributed by atoms with Crippen LogP contribution in [-0.2, 0) is 0 Å². The number of carboxylic acid groups (broad SMARTS) is 1. The zero-order valence-electron chi connectivity index (χ0n) is 10.6. The predicted octanol–water partition coefficient (Wildman–Crippen LogP) is 1.30. The number of pyridine rings is 1. The highest BCUT2D eigenvalue weighted by atomic mass is 16.4. The SMILES string of the molecule is Cc1cc(N(C)CC2CC(O)C2)c(C(=O)O)cn1. The van der Waals surface area contributed by atoms with Gasteiger partial charge in [-0.3, -0.25) is 4.98 Å². The molecule has 2 rings (SSSR count). The fourth-order valence-electron chi connectivity index (χ4n) is 2.36. The van der Waals surface area contributed by atoms with E-state index in [0.29, 0.717) is 11.6 Å². The van der Waals surface area contributed by atoms with E-state index in [4.69, 9.17) is 5.11 Å². The summed E-state index contributed by atoms with van der Waals surface area (Å²) in [5, 5.41) is 18.4. The Hall–Kier alpha value is -1.62. The Kier molecular flexibility index (Phi) is 3.52. The van der Waals surface area contributed by atoms with Crippen molar-refractivity contribution in [1.29, 1.82) is 0 Å². The number of anilines is 1. The van der Waals surface area contributed by atoms with Gasteiger partial charge in [0.15, 0.2) is 0 Å². The van der Waals surface area contributed by atoms with Crippen LogP contribution in [0, 0.1) is 12.8 Å². The highest BCUT2D eigenvalue weighted by molar-refractivity contribution is 5.94. The van der Waals surface area contributed by atoms with Gasteiger partial charge < -0.3 is 15.1 Å². The van der Waals surface area contributed by atoms with Gasteiger partial charge in [-0.2, -0.15) is 0 Å². The summed E-state index contributed by atoms with van der Waals surface area (Å²) in [5.74, 6) is -0.516. The first-order valence-electron chi connectivity index (χ1n) is 6.06. The smallest absolute Gasteiger partial charge is 0.339 e. The van der Waals surface area contributed by atoms with E-state index in [1.807, 2.05) is 18.9 Å². The van der Waals surface area contributed by atoms with Crippen LogP contribution >= 0.6 is 0 Å². The summed E-state index contributed by atoms with van der Waals surface area (Å²) in [4.78, 5) is 17.1. The normalized spacial score (nSPS) is 22.4. The van der Waals surface area contributed by atoms with Crippen LogP contribution < -0.4 is 4.90 Å². The fraction of sp³-hybridized carbons (Fsp3) is 0.538. The maximum absolute atomic E-state index is 11.2. The summed E-state index contributed by atoms with van der Waals surface area (Å²) < 4.78 is 0. The molecule has 1 saturated carbocycles. The second-order valence-electron chi connectivity index (χ2n) is 5.02. The molecule has 1 heterocycles. The van der Waals surface area contributed by atoms with E-state index in [1.165, 1.54) is 6.20 Å². The van der Waals surface area contributed by atoms with Crippen LogP contribution in [0.1, 0.15) is 28.9 Å². The summed E-state index contributed by atoms with van der Waals surface area (Å²) in [6.45, 7) is 2.61. The summed E-state index contributed by atoms with van der Waals surface area (Å²) in [6.07, 6.45) is 2.83. The van der Waals surface area contributed by atoms with Crippen molar-refractivity contribution >= 4 is 11.7 Å². The van der Waals surface area contributed by atoms with Crippen LogP contribution in [-0.4, -0.2) is 40.9 Å². The maximum Gasteiger partial charge on any atom is 0.339 e. The minimum atomic E-state index is -0.960. The highest BCUT2D eigenvalue weighted by Gasteiger charge is 2.28. The van der Waals surface area contributed by atoms with E-state index >= 15 is 0 Å². The largest absolute Gasteiger partial charge is 0.478 e. The average Bonchev–Trinajstić information content (AvgIpc) is 2.26. The van der Waals surface area contributed by atoms with E-state index in [9.17, 15) is 9.90 Å². The molecule has 0 radical (unpaired) electrons. The first-order chi connectivity index (χ1) is 8.47. The van der Waals surface area contributed by atoms with Gasteiger partial charge in [0.2, 0.25) is 0 Å². The van der Waals surface area contributed by atoms with Crippen LogP contribution in [0.4, 0.5) is 5.69 Å². The van der Waals surface area contributed by atoms with Gasteiger partial charge in [0.25, 0.3) is 0 Å². The Bertz CT molecular complexity index is 456. The van der Waals surface area contributed by atoms with Gasteiger partial charge in [-0.1, -0.05) is 0 Å². The van der Waals surface area contributed by atoms with Gasteiger partial charge in [0.05, 0.1) is 11.8 Å². The van der Waals surface area contributed by atoms with Crippen LogP contribution in [0.2, 0.25) is 0 Å². The Balaban J connectivity index is 2.15. The number of carboxylic acids is 1. The molecule has 0 spiro atoms. The Morgan fingerprint density at radius 1 is 1.56 bits per heavy atom. The van der Waals surface area contributed by atoms with Crippen molar-refractivity contribution < 1.29 is 15.0 Å². The molecule has 0 atom stereocenters. The number of aliphatic hydroxyl groups excluding tert-OH is 1. The summed E-state index contributed by atoms with van der Waals surface area (Å²) >= 11 is 0. The lowest BCUT2D eigenvalue weighted by Crippen LogP contribution is -2.37. The molecule has 1 aromatic rings. The molecular formula is C13H18N2O3. The molecule has 0 unspecified atom stereocenters. The molecule has 0 bridgehead atoms.